The van der Waals surface area contributed by atoms with Crippen LogP contribution in [0.5, 0.6) is 0 Å². The van der Waals surface area contributed by atoms with Crippen LogP contribution in [0.15, 0.2) is 0 Å². The molecule has 70 valence electrons. The summed E-state index contributed by atoms with van der Waals surface area (Å²) in [7, 11) is 0. The normalized spacial score (nSPS) is 22.8. The number of amides is 1. The van der Waals surface area contributed by atoms with Crippen molar-refractivity contribution in [2.24, 2.45) is 11.7 Å². The molecule has 1 amide bonds. The molecule has 0 heterocycles. The van der Waals surface area contributed by atoms with E-state index in [-0.39, 0.29) is 0 Å². The van der Waals surface area contributed by atoms with Crippen LogP contribution >= 0.6 is 11.6 Å². The van der Waals surface area contributed by atoms with Crippen LogP contribution in [-0.2, 0) is 4.79 Å². The van der Waals surface area contributed by atoms with E-state index >= 15 is 0 Å². The van der Waals surface area contributed by atoms with Gasteiger partial charge in [-0.05, 0) is 12.3 Å². The Morgan fingerprint density at radius 1 is 1.67 bits per heavy atom. The van der Waals surface area contributed by atoms with Gasteiger partial charge in [-0.25, -0.2) is 0 Å². The van der Waals surface area contributed by atoms with E-state index in [1.54, 1.807) is 0 Å². The number of carbonyl (C=O) groups excluding carboxylic acids is 1. The molecule has 12 heavy (non-hydrogen) atoms. The highest BCUT2D eigenvalue weighted by Gasteiger charge is 2.27. The molecule has 3 N–H and O–H groups in total. The van der Waals surface area contributed by atoms with Gasteiger partial charge in [0.2, 0.25) is 5.91 Å². The van der Waals surface area contributed by atoms with Gasteiger partial charge in [-0.15, -0.1) is 11.6 Å². The fraction of sp³-hybridized carbons (Fsp3) is 0.875. The lowest BCUT2D eigenvalue weighted by Gasteiger charge is -2.28. The predicted octanol–water partition coefficient (Wildman–Crippen LogP) is 0.630. The number of hydrogen-bond acceptors (Lipinski definition) is 2. The maximum atomic E-state index is 10.5. The summed E-state index contributed by atoms with van der Waals surface area (Å²) < 4.78 is 0. The van der Waals surface area contributed by atoms with E-state index in [1.165, 1.54) is 6.42 Å². The zero-order valence-corrected chi connectivity index (χ0v) is 7.63. The molecule has 0 aromatic heterocycles. The van der Waals surface area contributed by atoms with E-state index in [4.69, 9.17) is 22.4 Å². The number of halogens is 1. The van der Waals surface area contributed by atoms with E-state index in [0.717, 1.165) is 12.8 Å². The average Bonchev–Trinajstić information content (AvgIpc) is 1.94. The monoisotopic (exact) mass is 191 g/mol. The lowest BCUT2D eigenvalue weighted by Crippen LogP contribution is -2.37. The van der Waals surface area contributed by atoms with Crippen LogP contribution in [0.1, 0.15) is 25.7 Å². The summed E-state index contributed by atoms with van der Waals surface area (Å²) in [6, 6.07) is 0. The largest absolute Gasteiger partial charge is 0.382 e. The highest BCUT2D eigenvalue weighted by Crippen LogP contribution is 2.32. The first-order valence-electron chi connectivity index (χ1n) is 4.22. The minimum atomic E-state index is -1.19. The first kappa shape index (κ1) is 9.81. The Labute approximate surface area is 76.9 Å². The van der Waals surface area contributed by atoms with Gasteiger partial charge < -0.3 is 10.8 Å². The molecule has 0 aromatic rings. The fourth-order valence-corrected chi connectivity index (χ4v) is 1.73. The Kier molecular flexibility index (Phi) is 3.35. The maximum absolute atomic E-state index is 10.5. The molecule has 3 nitrogen and oxygen atoms in total. The van der Waals surface area contributed by atoms with Crippen molar-refractivity contribution in [2.45, 2.75) is 37.2 Å². The topological polar surface area (TPSA) is 63.3 Å². The molecule has 0 aromatic carbocycles. The van der Waals surface area contributed by atoms with E-state index in [2.05, 4.69) is 0 Å². The van der Waals surface area contributed by atoms with Crippen molar-refractivity contribution in [3.8, 4) is 0 Å². The zero-order chi connectivity index (χ0) is 9.14. The summed E-state index contributed by atoms with van der Waals surface area (Å²) in [4.78, 5) is 10.5. The fourth-order valence-electron chi connectivity index (χ4n) is 1.35. The van der Waals surface area contributed by atoms with Crippen LogP contribution in [0, 0.1) is 5.92 Å². The second kappa shape index (κ2) is 4.10. The predicted molar refractivity (Wildman–Crippen MR) is 46.8 cm³/mol. The van der Waals surface area contributed by atoms with Crippen molar-refractivity contribution in [3.05, 3.63) is 0 Å². The summed E-state index contributed by atoms with van der Waals surface area (Å²) in [6.07, 6.45) is 3.07. The quantitative estimate of drug-likeness (QED) is 0.641. The lowest BCUT2D eigenvalue weighted by atomic mass is 9.81. The van der Waals surface area contributed by atoms with Crippen molar-refractivity contribution in [2.75, 3.05) is 0 Å². The number of carbonyl (C=O) groups is 1. The van der Waals surface area contributed by atoms with Gasteiger partial charge in [0.05, 0.1) is 5.38 Å². The van der Waals surface area contributed by atoms with E-state index in [0.29, 0.717) is 12.3 Å². The van der Waals surface area contributed by atoms with Crippen molar-refractivity contribution in [3.63, 3.8) is 0 Å². The van der Waals surface area contributed by atoms with E-state index in [9.17, 15) is 4.79 Å². The third kappa shape index (κ3) is 2.35. The molecule has 4 heteroatoms. The van der Waals surface area contributed by atoms with E-state index < -0.39 is 17.4 Å². The summed E-state index contributed by atoms with van der Waals surface area (Å²) in [6.45, 7) is 0. The molecule has 0 saturated heterocycles. The van der Waals surface area contributed by atoms with Gasteiger partial charge in [0.1, 0.15) is 6.10 Å². The van der Waals surface area contributed by atoms with Gasteiger partial charge in [0, 0.05) is 0 Å². The second-order valence-corrected chi connectivity index (χ2v) is 3.96. The van der Waals surface area contributed by atoms with Crippen LogP contribution in [-0.4, -0.2) is 22.5 Å². The molecule has 0 spiro atoms. The van der Waals surface area contributed by atoms with Crippen molar-refractivity contribution < 1.29 is 9.90 Å². The van der Waals surface area contributed by atoms with Gasteiger partial charge in [0.25, 0.3) is 0 Å². The molecule has 0 radical (unpaired) electrons. The van der Waals surface area contributed by atoms with Gasteiger partial charge >= 0.3 is 0 Å². The standard InChI is InChI=1S/C8H14ClNO2/c9-6(7(11)8(10)12)4-5-2-1-3-5/h5-7,11H,1-4H2,(H2,10,12). The Hall–Kier alpha value is -0.280. The van der Waals surface area contributed by atoms with Crippen LogP contribution in [0.25, 0.3) is 0 Å². The van der Waals surface area contributed by atoms with E-state index in [1.807, 2.05) is 0 Å². The minimum Gasteiger partial charge on any atom is -0.382 e. The molecule has 2 atom stereocenters. The maximum Gasteiger partial charge on any atom is 0.247 e. The molecule has 2 unspecified atom stereocenters. The third-order valence-electron chi connectivity index (χ3n) is 2.42. The van der Waals surface area contributed by atoms with Crippen molar-refractivity contribution >= 4 is 17.5 Å². The number of hydrogen-bond donors (Lipinski definition) is 2. The highest BCUT2D eigenvalue weighted by molar-refractivity contribution is 6.22. The molecule has 1 aliphatic carbocycles. The van der Waals surface area contributed by atoms with Crippen molar-refractivity contribution in [1.82, 2.24) is 0 Å². The first-order valence-corrected chi connectivity index (χ1v) is 4.66. The van der Waals surface area contributed by atoms with Crippen LogP contribution < -0.4 is 5.73 Å². The Bertz CT molecular complexity index is 170. The summed E-state index contributed by atoms with van der Waals surface area (Å²) in [5, 5.41) is 8.65. The average molecular weight is 192 g/mol. The number of nitrogens with two attached hydrogens (primary N) is 1. The number of aliphatic hydroxyl groups excluding tert-OH is 1. The number of alkyl halides is 1. The summed E-state index contributed by atoms with van der Waals surface area (Å²) in [5.74, 6) is -0.143. The minimum absolute atomic E-state index is 0.507. The van der Waals surface area contributed by atoms with Gasteiger partial charge in [0.15, 0.2) is 0 Å². The van der Waals surface area contributed by atoms with Gasteiger partial charge in [-0.2, -0.15) is 0 Å². The molecular weight excluding hydrogens is 178 g/mol. The highest BCUT2D eigenvalue weighted by atomic mass is 35.5. The van der Waals surface area contributed by atoms with Crippen LogP contribution in [0.3, 0.4) is 0 Å². The van der Waals surface area contributed by atoms with Crippen LogP contribution in [0.2, 0.25) is 0 Å². The van der Waals surface area contributed by atoms with Gasteiger partial charge in [-0.3, -0.25) is 4.79 Å². The number of aliphatic hydroxyl groups is 1. The number of rotatable bonds is 4. The lowest BCUT2D eigenvalue weighted by molar-refractivity contribution is -0.126. The number of primary amides is 1. The summed E-state index contributed by atoms with van der Waals surface area (Å²) in [5.41, 5.74) is 4.90. The van der Waals surface area contributed by atoms with Crippen molar-refractivity contribution in [1.29, 1.82) is 0 Å². The molecule has 1 rings (SSSR count). The molecule has 0 aliphatic heterocycles. The molecule has 1 saturated carbocycles. The molecule has 1 fully saturated rings. The molecule has 0 bridgehead atoms. The molecular formula is C8H14ClNO2. The SMILES string of the molecule is NC(=O)C(O)C(Cl)CC1CCC1. The summed E-state index contributed by atoms with van der Waals surface area (Å²) >= 11 is 5.78. The van der Waals surface area contributed by atoms with Gasteiger partial charge in [-0.1, -0.05) is 19.3 Å². The third-order valence-corrected chi connectivity index (χ3v) is 2.83. The Balaban J connectivity index is 2.25. The zero-order valence-electron chi connectivity index (χ0n) is 6.87. The Morgan fingerprint density at radius 2 is 2.25 bits per heavy atom. The first-order chi connectivity index (χ1) is 5.61. The Morgan fingerprint density at radius 3 is 2.58 bits per heavy atom. The van der Waals surface area contributed by atoms with Crippen LogP contribution in [0.4, 0.5) is 0 Å². The second-order valence-electron chi connectivity index (χ2n) is 3.40. The smallest absolute Gasteiger partial charge is 0.247 e. The molecule has 1 aliphatic rings.